The number of hydrazine groups is 1. The third-order valence-electron chi connectivity index (χ3n) is 2.98. The van der Waals surface area contributed by atoms with Crippen molar-refractivity contribution in [3.8, 4) is 5.75 Å². The van der Waals surface area contributed by atoms with Gasteiger partial charge in [0.15, 0.2) is 6.10 Å². The molecule has 0 saturated heterocycles. The molecule has 5 nitrogen and oxygen atoms in total. The van der Waals surface area contributed by atoms with E-state index in [1.54, 1.807) is 12.1 Å². The Morgan fingerprint density at radius 3 is 2.33 bits per heavy atom. The van der Waals surface area contributed by atoms with Crippen LogP contribution in [-0.2, 0) is 4.79 Å². The van der Waals surface area contributed by atoms with E-state index in [1.807, 2.05) is 0 Å². The first kappa shape index (κ1) is 18.0. The molecule has 0 bridgehead atoms. The molecule has 1 atom stereocenters. The molecule has 2 aromatic rings. The summed E-state index contributed by atoms with van der Waals surface area (Å²) in [5, 5.41) is 0.666. The fraction of sp³-hybridized carbons (Fsp3) is 0.125. The third kappa shape index (κ3) is 4.84. The summed E-state index contributed by atoms with van der Waals surface area (Å²) in [4.78, 5) is 23.7. The molecule has 8 heteroatoms. The molecule has 126 valence electrons. The first-order chi connectivity index (χ1) is 11.4. The molecule has 0 aromatic heterocycles. The van der Waals surface area contributed by atoms with Gasteiger partial charge in [0.25, 0.3) is 11.8 Å². The summed E-state index contributed by atoms with van der Waals surface area (Å²) in [6, 6.07) is 9.47. The van der Waals surface area contributed by atoms with E-state index in [1.165, 1.54) is 25.1 Å². The Balaban J connectivity index is 1.88. The van der Waals surface area contributed by atoms with E-state index in [9.17, 15) is 14.0 Å². The van der Waals surface area contributed by atoms with Crippen molar-refractivity contribution in [1.82, 2.24) is 10.9 Å². The van der Waals surface area contributed by atoms with Crippen LogP contribution in [0.4, 0.5) is 4.39 Å². The van der Waals surface area contributed by atoms with Gasteiger partial charge in [-0.2, -0.15) is 0 Å². The summed E-state index contributed by atoms with van der Waals surface area (Å²) < 4.78 is 18.2. The Morgan fingerprint density at radius 2 is 1.71 bits per heavy atom. The molecule has 0 saturated carbocycles. The van der Waals surface area contributed by atoms with Crippen molar-refractivity contribution in [2.75, 3.05) is 0 Å². The molecule has 0 heterocycles. The number of hydrogen-bond donors (Lipinski definition) is 2. The van der Waals surface area contributed by atoms with E-state index in [0.29, 0.717) is 15.8 Å². The summed E-state index contributed by atoms with van der Waals surface area (Å²) in [5.41, 5.74) is 4.65. The van der Waals surface area contributed by atoms with Crippen LogP contribution in [0.5, 0.6) is 5.75 Å². The van der Waals surface area contributed by atoms with Gasteiger partial charge in [0.1, 0.15) is 11.6 Å². The van der Waals surface area contributed by atoms with Gasteiger partial charge in [-0.1, -0.05) is 23.2 Å². The highest BCUT2D eigenvalue weighted by Gasteiger charge is 2.16. The van der Waals surface area contributed by atoms with Crippen LogP contribution in [0, 0.1) is 5.82 Å². The number of halogens is 3. The Hall–Kier alpha value is -2.31. The van der Waals surface area contributed by atoms with Crippen LogP contribution in [0.2, 0.25) is 10.0 Å². The van der Waals surface area contributed by atoms with Crippen molar-refractivity contribution in [2.24, 2.45) is 0 Å². The van der Waals surface area contributed by atoms with E-state index in [0.717, 1.165) is 12.1 Å². The normalized spacial score (nSPS) is 11.5. The first-order valence-corrected chi connectivity index (χ1v) is 7.60. The first-order valence-electron chi connectivity index (χ1n) is 6.84. The van der Waals surface area contributed by atoms with Crippen LogP contribution in [-0.4, -0.2) is 17.9 Å². The highest BCUT2D eigenvalue weighted by Crippen LogP contribution is 2.26. The highest BCUT2D eigenvalue weighted by molar-refractivity contribution is 6.42. The lowest BCUT2D eigenvalue weighted by molar-refractivity contribution is -0.128. The zero-order valence-electron chi connectivity index (χ0n) is 12.5. The lowest BCUT2D eigenvalue weighted by Crippen LogP contribution is -2.47. The second-order valence-corrected chi connectivity index (χ2v) is 5.60. The van der Waals surface area contributed by atoms with Gasteiger partial charge in [0.05, 0.1) is 10.0 Å². The molecule has 0 aliphatic heterocycles. The van der Waals surface area contributed by atoms with Crippen LogP contribution in [0.3, 0.4) is 0 Å². The van der Waals surface area contributed by atoms with Gasteiger partial charge in [0, 0.05) is 11.6 Å². The maximum atomic E-state index is 12.8. The maximum Gasteiger partial charge on any atom is 0.279 e. The predicted molar refractivity (Wildman–Crippen MR) is 88.6 cm³/mol. The SMILES string of the molecule is CC(Oc1ccc(Cl)c(Cl)c1)C(=O)NNC(=O)c1ccc(F)cc1. The molecule has 24 heavy (non-hydrogen) atoms. The minimum absolute atomic E-state index is 0.203. The highest BCUT2D eigenvalue weighted by atomic mass is 35.5. The van der Waals surface area contributed by atoms with Gasteiger partial charge in [-0.05, 0) is 43.3 Å². The zero-order valence-corrected chi connectivity index (χ0v) is 14.0. The largest absolute Gasteiger partial charge is 0.481 e. The average molecular weight is 371 g/mol. The average Bonchev–Trinajstić information content (AvgIpc) is 2.56. The molecule has 0 aliphatic rings. The number of nitrogens with one attached hydrogen (secondary N) is 2. The van der Waals surface area contributed by atoms with Crippen molar-refractivity contribution < 1.29 is 18.7 Å². The molecular formula is C16H13Cl2FN2O3. The fourth-order valence-corrected chi connectivity index (χ4v) is 1.99. The van der Waals surface area contributed by atoms with Gasteiger partial charge in [-0.25, -0.2) is 4.39 Å². The summed E-state index contributed by atoms with van der Waals surface area (Å²) in [6.45, 7) is 1.50. The predicted octanol–water partition coefficient (Wildman–Crippen LogP) is 3.36. The van der Waals surface area contributed by atoms with Gasteiger partial charge in [-0.15, -0.1) is 0 Å². The van der Waals surface area contributed by atoms with E-state index in [2.05, 4.69) is 10.9 Å². The smallest absolute Gasteiger partial charge is 0.279 e. The number of rotatable bonds is 4. The number of carbonyl (C=O) groups is 2. The number of ether oxygens (including phenoxy) is 1. The topological polar surface area (TPSA) is 67.4 Å². The molecule has 2 amide bonds. The van der Waals surface area contributed by atoms with Crippen LogP contribution < -0.4 is 15.6 Å². The molecule has 0 fully saturated rings. The van der Waals surface area contributed by atoms with Gasteiger partial charge >= 0.3 is 0 Å². The molecule has 0 radical (unpaired) electrons. The minimum Gasteiger partial charge on any atom is -0.481 e. The molecule has 0 spiro atoms. The zero-order chi connectivity index (χ0) is 17.7. The van der Waals surface area contributed by atoms with Crippen molar-refractivity contribution >= 4 is 35.0 Å². The van der Waals surface area contributed by atoms with E-state index in [-0.39, 0.29) is 5.56 Å². The Labute approximate surface area is 147 Å². The van der Waals surface area contributed by atoms with Crippen LogP contribution in [0.15, 0.2) is 42.5 Å². The molecule has 0 aliphatic carbocycles. The second kappa shape index (κ2) is 7.99. The fourth-order valence-electron chi connectivity index (χ4n) is 1.70. The van der Waals surface area contributed by atoms with Gasteiger partial charge in [-0.3, -0.25) is 20.4 Å². The number of carbonyl (C=O) groups excluding carboxylic acids is 2. The third-order valence-corrected chi connectivity index (χ3v) is 3.72. The van der Waals surface area contributed by atoms with Crippen molar-refractivity contribution in [3.63, 3.8) is 0 Å². The summed E-state index contributed by atoms with van der Waals surface area (Å²) in [6.07, 6.45) is -0.893. The van der Waals surface area contributed by atoms with Crippen molar-refractivity contribution in [1.29, 1.82) is 0 Å². The van der Waals surface area contributed by atoms with Crippen molar-refractivity contribution in [2.45, 2.75) is 13.0 Å². The Bertz CT molecular complexity index is 753. The van der Waals surface area contributed by atoms with E-state index in [4.69, 9.17) is 27.9 Å². The molecule has 2 rings (SSSR count). The Kier molecular flexibility index (Phi) is 6.00. The van der Waals surface area contributed by atoms with E-state index >= 15 is 0 Å². The van der Waals surface area contributed by atoms with Crippen LogP contribution in [0.1, 0.15) is 17.3 Å². The molecule has 2 N–H and O–H groups in total. The van der Waals surface area contributed by atoms with Crippen LogP contribution in [0.25, 0.3) is 0 Å². The summed E-state index contributed by atoms with van der Waals surface area (Å²) in [5.74, 6) is -1.25. The molecule has 1 unspecified atom stereocenters. The maximum absolute atomic E-state index is 12.8. The number of hydrogen-bond acceptors (Lipinski definition) is 3. The summed E-state index contributed by atoms with van der Waals surface area (Å²) >= 11 is 11.7. The lowest BCUT2D eigenvalue weighted by Gasteiger charge is -2.15. The number of amides is 2. The molecular weight excluding hydrogens is 358 g/mol. The standard InChI is InChI=1S/C16H13Cl2FN2O3/c1-9(24-12-6-7-13(17)14(18)8-12)15(22)20-21-16(23)10-2-4-11(19)5-3-10/h2-9H,1H3,(H,20,22)(H,21,23). The van der Waals surface area contributed by atoms with Gasteiger partial charge in [0.2, 0.25) is 0 Å². The summed E-state index contributed by atoms with van der Waals surface area (Å²) in [7, 11) is 0. The van der Waals surface area contributed by atoms with E-state index < -0.39 is 23.7 Å². The van der Waals surface area contributed by atoms with Gasteiger partial charge < -0.3 is 4.74 Å². The quantitative estimate of drug-likeness (QED) is 0.810. The molecule has 2 aromatic carbocycles. The second-order valence-electron chi connectivity index (χ2n) is 4.79. The van der Waals surface area contributed by atoms with Crippen LogP contribution >= 0.6 is 23.2 Å². The minimum atomic E-state index is -0.893. The lowest BCUT2D eigenvalue weighted by atomic mass is 10.2. The Morgan fingerprint density at radius 1 is 1.04 bits per heavy atom. The monoisotopic (exact) mass is 370 g/mol. The number of benzene rings is 2. The van der Waals surface area contributed by atoms with Crippen molar-refractivity contribution in [3.05, 3.63) is 63.9 Å².